The molecule has 1 aliphatic rings. The average molecular weight is 160 g/mol. The summed E-state index contributed by atoms with van der Waals surface area (Å²) in [5.74, 6) is 0. The van der Waals surface area contributed by atoms with Crippen molar-refractivity contribution in [2.45, 2.75) is 38.5 Å². The van der Waals surface area contributed by atoms with E-state index in [1.54, 1.807) is 0 Å². The van der Waals surface area contributed by atoms with Crippen molar-refractivity contribution in [2.75, 3.05) is 6.61 Å². The standard InChI is InChI=1S/C8H16OS/c1-7(2)5-9-8(3,4)6(7)10/h6,10H,5H2,1-4H3. The molecule has 60 valence electrons. The number of hydrogen-bond acceptors (Lipinski definition) is 2. The van der Waals surface area contributed by atoms with Crippen LogP contribution in [0.5, 0.6) is 0 Å². The van der Waals surface area contributed by atoms with E-state index in [-0.39, 0.29) is 11.0 Å². The highest BCUT2D eigenvalue weighted by Crippen LogP contribution is 2.42. The van der Waals surface area contributed by atoms with Gasteiger partial charge in [-0.1, -0.05) is 13.8 Å². The van der Waals surface area contributed by atoms with Crippen molar-refractivity contribution in [3.05, 3.63) is 0 Å². The highest BCUT2D eigenvalue weighted by molar-refractivity contribution is 7.81. The van der Waals surface area contributed by atoms with Gasteiger partial charge in [0.2, 0.25) is 0 Å². The van der Waals surface area contributed by atoms with Crippen LogP contribution in [0.1, 0.15) is 27.7 Å². The molecule has 10 heavy (non-hydrogen) atoms. The van der Waals surface area contributed by atoms with E-state index in [1.807, 2.05) is 0 Å². The summed E-state index contributed by atoms with van der Waals surface area (Å²) in [6, 6.07) is 0. The molecular weight excluding hydrogens is 144 g/mol. The Labute approximate surface area is 68.6 Å². The lowest BCUT2D eigenvalue weighted by atomic mass is 9.85. The summed E-state index contributed by atoms with van der Waals surface area (Å²) >= 11 is 4.53. The van der Waals surface area contributed by atoms with Gasteiger partial charge in [-0.25, -0.2) is 0 Å². The molecule has 0 saturated carbocycles. The largest absolute Gasteiger partial charge is 0.374 e. The Balaban J connectivity index is 2.77. The van der Waals surface area contributed by atoms with Crippen LogP contribution in [0.15, 0.2) is 0 Å². The van der Waals surface area contributed by atoms with Crippen LogP contribution < -0.4 is 0 Å². The topological polar surface area (TPSA) is 9.23 Å². The van der Waals surface area contributed by atoms with E-state index in [2.05, 4.69) is 40.3 Å². The van der Waals surface area contributed by atoms with Gasteiger partial charge >= 0.3 is 0 Å². The molecule has 0 amide bonds. The van der Waals surface area contributed by atoms with Crippen molar-refractivity contribution in [1.29, 1.82) is 0 Å². The lowest BCUT2D eigenvalue weighted by molar-refractivity contribution is 0.0347. The summed E-state index contributed by atoms with van der Waals surface area (Å²) in [4.78, 5) is 0. The summed E-state index contributed by atoms with van der Waals surface area (Å²) in [6.07, 6.45) is 0. The van der Waals surface area contributed by atoms with Gasteiger partial charge in [0, 0.05) is 10.7 Å². The van der Waals surface area contributed by atoms with E-state index in [1.165, 1.54) is 0 Å². The highest BCUT2D eigenvalue weighted by Gasteiger charge is 2.46. The van der Waals surface area contributed by atoms with Crippen molar-refractivity contribution < 1.29 is 4.74 Å². The first-order valence-electron chi connectivity index (χ1n) is 3.68. The van der Waals surface area contributed by atoms with Crippen LogP contribution in [0, 0.1) is 5.41 Å². The number of hydrogen-bond donors (Lipinski definition) is 1. The fourth-order valence-electron chi connectivity index (χ4n) is 1.47. The van der Waals surface area contributed by atoms with Crippen LogP contribution in [-0.2, 0) is 4.74 Å². The number of ether oxygens (including phenoxy) is 1. The predicted molar refractivity (Wildman–Crippen MR) is 46.6 cm³/mol. The maximum atomic E-state index is 5.59. The molecule has 1 atom stereocenters. The second-order valence-corrected chi connectivity index (χ2v) is 4.80. The van der Waals surface area contributed by atoms with Crippen LogP contribution in [0.4, 0.5) is 0 Å². The molecule has 1 rings (SSSR count). The van der Waals surface area contributed by atoms with Gasteiger partial charge in [0.15, 0.2) is 0 Å². The molecule has 1 heterocycles. The predicted octanol–water partition coefficient (Wildman–Crippen LogP) is 2.12. The first-order valence-corrected chi connectivity index (χ1v) is 4.20. The first-order chi connectivity index (χ1) is 4.36. The van der Waals surface area contributed by atoms with Gasteiger partial charge in [0.1, 0.15) is 0 Å². The Kier molecular flexibility index (Phi) is 1.80. The van der Waals surface area contributed by atoms with Gasteiger partial charge in [-0.05, 0) is 13.8 Å². The molecule has 0 aromatic carbocycles. The molecule has 0 spiro atoms. The normalized spacial score (nSPS) is 36.3. The van der Waals surface area contributed by atoms with E-state index in [0.717, 1.165) is 6.61 Å². The molecule has 0 aliphatic carbocycles. The van der Waals surface area contributed by atoms with Gasteiger partial charge in [0.05, 0.1) is 12.2 Å². The second kappa shape index (κ2) is 2.15. The maximum absolute atomic E-state index is 5.59. The SMILES string of the molecule is CC1(C)COC(C)(C)C1S. The zero-order chi connectivity index (χ0) is 7.99. The monoisotopic (exact) mass is 160 g/mol. The van der Waals surface area contributed by atoms with Gasteiger partial charge in [-0.2, -0.15) is 12.6 Å². The molecule has 0 aromatic heterocycles. The summed E-state index contributed by atoms with van der Waals surface area (Å²) in [7, 11) is 0. The zero-order valence-corrected chi connectivity index (χ0v) is 8.03. The lowest BCUT2D eigenvalue weighted by Crippen LogP contribution is -2.34. The fourth-order valence-corrected chi connectivity index (χ4v) is 1.62. The number of rotatable bonds is 0. The maximum Gasteiger partial charge on any atom is 0.0748 e. The van der Waals surface area contributed by atoms with Gasteiger partial charge in [-0.15, -0.1) is 0 Å². The minimum atomic E-state index is -0.0490. The smallest absolute Gasteiger partial charge is 0.0748 e. The lowest BCUT2D eigenvalue weighted by Gasteiger charge is -2.27. The molecule has 0 radical (unpaired) electrons. The third-order valence-corrected chi connectivity index (χ3v) is 3.54. The fraction of sp³-hybridized carbons (Fsp3) is 1.00. The van der Waals surface area contributed by atoms with Crippen LogP contribution in [0.3, 0.4) is 0 Å². The van der Waals surface area contributed by atoms with E-state index in [9.17, 15) is 0 Å². The van der Waals surface area contributed by atoms with Gasteiger partial charge in [-0.3, -0.25) is 0 Å². The Bertz CT molecular complexity index is 124. The first kappa shape index (κ1) is 8.41. The Morgan fingerprint density at radius 3 is 1.90 bits per heavy atom. The van der Waals surface area contributed by atoms with E-state index in [0.29, 0.717) is 5.25 Å². The van der Waals surface area contributed by atoms with Crippen LogP contribution in [-0.4, -0.2) is 17.5 Å². The van der Waals surface area contributed by atoms with E-state index >= 15 is 0 Å². The van der Waals surface area contributed by atoms with Crippen LogP contribution >= 0.6 is 12.6 Å². The zero-order valence-electron chi connectivity index (χ0n) is 7.14. The molecule has 0 aromatic rings. The third kappa shape index (κ3) is 1.19. The van der Waals surface area contributed by atoms with E-state index < -0.39 is 0 Å². The van der Waals surface area contributed by atoms with Crippen LogP contribution in [0.2, 0.25) is 0 Å². The van der Waals surface area contributed by atoms with Crippen molar-refractivity contribution in [1.82, 2.24) is 0 Å². The molecule has 1 unspecified atom stereocenters. The number of thiol groups is 1. The van der Waals surface area contributed by atoms with E-state index in [4.69, 9.17) is 4.74 Å². The van der Waals surface area contributed by atoms with Gasteiger partial charge < -0.3 is 4.74 Å². The van der Waals surface area contributed by atoms with Crippen molar-refractivity contribution >= 4 is 12.6 Å². The molecular formula is C8H16OS. The van der Waals surface area contributed by atoms with Crippen molar-refractivity contribution in [3.63, 3.8) is 0 Å². The second-order valence-electron chi connectivity index (χ2n) is 4.28. The van der Waals surface area contributed by atoms with Crippen molar-refractivity contribution in [2.24, 2.45) is 5.41 Å². The quantitative estimate of drug-likeness (QED) is 0.534. The Morgan fingerprint density at radius 1 is 1.30 bits per heavy atom. The minimum Gasteiger partial charge on any atom is -0.374 e. The summed E-state index contributed by atoms with van der Waals surface area (Å²) in [5, 5.41) is 0.347. The average Bonchev–Trinajstić information content (AvgIpc) is 1.95. The summed E-state index contributed by atoms with van der Waals surface area (Å²) < 4.78 is 5.59. The summed E-state index contributed by atoms with van der Waals surface area (Å²) in [6.45, 7) is 9.41. The Hall–Kier alpha value is 0.310. The molecule has 2 heteroatoms. The minimum absolute atomic E-state index is 0.0490. The summed E-state index contributed by atoms with van der Waals surface area (Å²) in [5.41, 5.74) is 0.180. The molecule has 1 saturated heterocycles. The van der Waals surface area contributed by atoms with Crippen LogP contribution in [0.25, 0.3) is 0 Å². The molecule has 1 aliphatic heterocycles. The Morgan fingerprint density at radius 2 is 1.80 bits per heavy atom. The van der Waals surface area contributed by atoms with Crippen molar-refractivity contribution in [3.8, 4) is 0 Å². The molecule has 1 fully saturated rings. The highest BCUT2D eigenvalue weighted by atomic mass is 32.1. The molecule has 0 bridgehead atoms. The van der Waals surface area contributed by atoms with Gasteiger partial charge in [0.25, 0.3) is 0 Å². The molecule has 0 N–H and O–H groups in total. The third-order valence-electron chi connectivity index (χ3n) is 2.21. The molecule has 1 nitrogen and oxygen atoms in total.